The molecule has 0 bridgehead atoms. The van der Waals surface area contributed by atoms with Crippen molar-refractivity contribution in [1.29, 1.82) is 0 Å². The van der Waals surface area contributed by atoms with Gasteiger partial charge in [-0.1, -0.05) is 52.6 Å². The van der Waals surface area contributed by atoms with Crippen molar-refractivity contribution in [3.63, 3.8) is 0 Å². The Hall–Kier alpha value is -3.63. The second-order valence-electron chi connectivity index (χ2n) is 6.10. The van der Waals surface area contributed by atoms with Crippen molar-refractivity contribution in [3.8, 4) is 11.3 Å². The standard InChI is InChI=1S/C19H13Cl2N3O7/c20-11-5-3-4-10(8-11)14-9-15(31-23-14)16(18(25)26)22-19(27)30-17(24(28)29)12-6-1-2-7-13(12)21/h1-9,16-17H,(H,22,27)(H,25,26). The van der Waals surface area contributed by atoms with E-state index in [1.807, 2.05) is 5.32 Å². The largest absolute Gasteiger partial charge is 0.479 e. The van der Waals surface area contributed by atoms with Crippen LogP contribution in [0.2, 0.25) is 10.0 Å². The number of hydrogen-bond donors (Lipinski definition) is 2. The fraction of sp³-hybridized carbons (Fsp3) is 0.105. The monoisotopic (exact) mass is 465 g/mol. The van der Waals surface area contributed by atoms with Crippen LogP contribution in [-0.2, 0) is 9.53 Å². The number of nitrogens with zero attached hydrogens (tertiary/aromatic N) is 2. The minimum atomic E-state index is -1.94. The molecule has 0 aliphatic rings. The third-order valence-corrected chi connectivity index (χ3v) is 4.60. The Labute approximate surface area is 184 Å². The predicted octanol–water partition coefficient (Wildman–Crippen LogP) is 4.48. The van der Waals surface area contributed by atoms with E-state index in [2.05, 4.69) is 5.16 Å². The Morgan fingerprint density at radius 1 is 1.16 bits per heavy atom. The first-order valence-corrected chi connectivity index (χ1v) is 9.32. The fourth-order valence-corrected chi connectivity index (χ4v) is 3.03. The van der Waals surface area contributed by atoms with Gasteiger partial charge in [-0.15, -0.1) is 0 Å². The number of carbonyl (C=O) groups excluding carboxylic acids is 1. The molecule has 2 unspecified atom stereocenters. The van der Waals surface area contributed by atoms with Crippen molar-refractivity contribution >= 4 is 35.3 Å². The van der Waals surface area contributed by atoms with Gasteiger partial charge in [-0.2, -0.15) is 0 Å². The lowest BCUT2D eigenvalue weighted by atomic mass is 10.1. The van der Waals surface area contributed by atoms with Gasteiger partial charge in [0.25, 0.3) is 0 Å². The number of aliphatic carboxylic acids is 1. The van der Waals surface area contributed by atoms with Gasteiger partial charge in [0.05, 0.1) is 15.5 Å². The molecule has 10 nitrogen and oxygen atoms in total. The third-order valence-electron chi connectivity index (χ3n) is 4.02. The van der Waals surface area contributed by atoms with E-state index in [4.69, 9.17) is 32.5 Å². The Bertz CT molecular complexity index is 1130. The summed E-state index contributed by atoms with van der Waals surface area (Å²) in [5.74, 6) is -1.73. The summed E-state index contributed by atoms with van der Waals surface area (Å²) in [5.41, 5.74) is 0.763. The summed E-state index contributed by atoms with van der Waals surface area (Å²) in [7, 11) is 0. The summed E-state index contributed by atoms with van der Waals surface area (Å²) >= 11 is 11.9. The lowest BCUT2D eigenvalue weighted by Gasteiger charge is -2.15. The van der Waals surface area contributed by atoms with Gasteiger partial charge < -0.3 is 19.7 Å². The fourth-order valence-electron chi connectivity index (χ4n) is 2.61. The van der Waals surface area contributed by atoms with Crippen molar-refractivity contribution in [1.82, 2.24) is 10.5 Å². The molecule has 0 aliphatic heterocycles. The molecule has 0 fully saturated rings. The van der Waals surface area contributed by atoms with Crippen LogP contribution in [0.5, 0.6) is 0 Å². The third kappa shape index (κ3) is 5.30. The van der Waals surface area contributed by atoms with Gasteiger partial charge in [0.1, 0.15) is 5.69 Å². The molecule has 1 amide bonds. The molecular formula is C19H13Cl2N3O7. The number of benzene rings is 2. The number of ether oxygens (including phenoxy) is 1. The van der Waals surface area contributed by atoms with Crippen LogP contribution in [0.4, 0.5) is 4.79 Å². The van der Waals surface area contributed by atoms with E-state index in [0.29, 0.717) is 10.6 Å². The molecule has 2 atom stereocenters. The van der Waals surface area contributed by atoms with Crippen LogP contribution in [0, 0.1) is 10.1 Å². The predicted molar refractivity (Wildman–Crippen MR) is 108 cm³/mol. The Morgan fingerprint density at radius 3 is 2.55 bits per heavy atom. The average molecular weight is 466 g/mol. The molecule has 0 spiro atoms. The summed E-state index contributed by atoms with van der Waals surface area (Å²) < 4.78 is 9.85. The number of carboxylic acid groups (broad SMARTS) is 1. The molecule has 12 heteroatoms. The summed E-state index contributed by atoms with van der Waals surface area (Å²) in [5, 5.41) is 27.1. The maximum atomic E-state index is 12.2. The normalized spacial score (nSPS) is 12.6. The van der Waals surface area contributed by atoms with Crippen molar-refractivity contribution in [2.24, 2.45) is 0 Å². The maximum absolute atomic E-state index is 12.2. The van der Waals surface area contributed by atoms with E-state index >= 15 is 0 Å². The zero-order valence-corrected chi connectivity index (χ0v) is 16.9. The van der Waals surface area contributed by atoms with Gasteiger partial charge in [-0.25, -0.2) is 9.59 Å². The molecule has 3 aromatic rings. The number of carbonyl (C=O) groups is 2. The van der Waals surface area contributed by atoms with Crippen LogP contribution in [0.15, 0.2) is 59.1 Å². The first-order valence-electron chi connectivity index (χ1n) is 8.56. The quantitative estimate of drug-likeness (QED) is 0.295. The number of rotatable bonds is 7. The minimum absolute atomic E-state index is 0.00758. The van der Waals surface area contributed by atoms with E-state index in [1.54, 1.807) is 30.3 Å². The molecule has 2 aromatic carbocycles. The van der Waals surface area contributed by atoms with E-state index in [9.17, 15) is 24.8 Å². The summed E-state index contributed by atoms with van der Waals surface area (Å²) in [6.07, 6.45) is -3.31. The second kappa shape index (κ2) is 9.45. The molecule has 1 heterocycles. The molecule has 0 saturated carbocycles. The van der Waals surface area contributed by atoms with Crippen molar-refractivity contribution in [2.45, 2.75) is 12.3 Å². The molecule has 160 valence electrons. The zero-order valence-electron chi connectivity index (χ0n) is 15.4. The van der Waals surface area contributed by atoms with Gasteiger partial charge in [-0.05, 0) is 24.3 Å². The number of halogens is 2. The Balaban J connectivity index is 1.78. The topological polar surface area (TPSA) is 145 Å². The summed E-state index contributed by atoms with van der Waals surface area (Å²) in [6, 6.07) is 11.9. The van der Waals surface area contributed by atoms with Crippen molar-refractivity contribution in [2.75, 3.05) is 0 Å². The highest BCUT2D eigenvalue weighted by Gasteiger charge is 2.33. The second-order valence-corrected chi connectivity index (χ2v) is 6.95. The number of carboxylic acids is 1. The highest BCUT2D eigenvalue weighted by atomic mass is 35.5. The Kier molecular flexibility index (Phi) is 6.73. The van der Waals surface area contributed by atoms with Gasteiger partial charge in [0.2, 0.25) is 0 Å². The van der Waals surface area contributed by atoms with Crippen LogP contribution in [0.3, 0.4) is 0 Å². The molecule has 1 aromatic heterocycles. The molecule has 3 rings (SSSR count). The SMILES string of the molecule is O=C(NC(C(=O)O)c1cc(-c2cccc(Cl)c2)no1)OC(c1ccccc1Cl)[N+](=O)[O-]. The van der Waals surface area contributed by atoms with Crippen LogP contribution >= 0.6 is 23.2 Å². The number of nitro groups is 1. The zero-order chi connectivity index (χ0) is 22.5. The van der Waals surface area contributed by atoms with Gasteiger partial charge in [0.15, 0.2) is 11.8 Å². The summed E-state index contributed by atoms with van der Waals surface area (Å²) in [6.45, 7) is 0. The van der Waals surface area contributed by atoms with Gasteiger partial charge in [-0.3, -0.25) is 10.1 Å². The molecular weight excluding hydrogens is 453 g/mol. The summed E-state index contributed by atoms with van der Waals surface area (Å²) in [4.78, 5) is 34.4. The Morgan fingerprint density at radius 2 is 1.90 bits per heavy atom. The van der Waals surface area contributed by atoms with E-state index in [-0.39, 0.29) is 22.0 Å². The number of aromatic nitrogens is 1. The number of hydrogen-bond acceptors (Lipinski definition) is 7. The molecule has 0 saturated heterocycles. The first kappa shape index (κ1) is 22.1. The molecule has 31 heavy (non-hydrogen) atoms. The van der Waals surface area contributed by atoms with E-state index < -0.39 is 29.3 Å². The van der Waals surface area contributed by atoms with E-state index in [0.717, 1.165) is 0 Å². The van der Waals surface area contributed by atoms with Gasteiger partial charge in [0, 0.05) is 16.7 Å². The smallest absolute Gasteiger partial charge is 0.413 e. The lowest BCUT2D eigenvalue weighted by Crippen LogP contribution is -2.35. The number of nitrogens with one attached hydrogen (secondary N) is 1. The number of alkyl carbamates (subject to hydrolysis) is 1. The lowest BCUT2D eigenvalue weighted by molar-refractivity contribution is -0.575. The van der Waals surface area contributed by atoms with Gasteiger partial charge >= 0.3 is 18.3 Å². The van der Waals surface area contributed by atoms with Crippen LogP contribution < -0.4 is 5.32 Å². The van der Waals surface area contributed by atoms with Crippen molar-refractivity contribution in [3.05, 3.63) is 86.1 Å². The van der Waals surface area contributed by atoms with Crippen LogP contribution in [-0.4, -0.2) is 27.2 Å². The average Bonchev–Trinajstić information content (AvgIpc) is 3.20. The highest BCUT2D eigenvalue weighted by molar-refractivity contribution is 6.31. The van der Waals surface area contributed by atoms with Crippen molar-refractivity contribution < 1.29 is 28.9 Å². The van der Waals surface area contributed by atoms with Crippen LogP contribution in [0.25, 0.3) is 11.3 Å². The molecule has 0 aliphatic carbocycles. The molecule has 0 radical (unpaired) electrons. The number of amides is 1. The maximum Gasteiger partial charge on any atom is 0.413 e. The highest BCUT2D eigenvalue weighted by Crippen LogP contribution is 2.27. The minimum Gasteiger partial charge on any atom is -0.479 e. The molecule has 2 N–H and O–H groups in total. The van der Waals surface area contributed by atoms with Crippen LogP contribution in [0.1, 0.15) is 23.6 Å². The first-order chi connectivity index (χ1) is 14.8. The van der Waals surface area contributed by atoms with E-state index in [1.165, 1.54) is 24.3 Å².